The van der Waals surface area contributed by atoms with Crippen molar-refractivity contribution < 1.29 is 85.8 Å². The third-order valence-corrected chi connectivity index (χ3v) is 10.7. The van der Waals surface area contributed by atoms with Crippen LogP contribution in [0.2, 0.25) is 0 Å². The molecule has 1 atom stereocenters. The molecule has 0 rings (SSSR count). The fourth-order valence-electron chi connectivity index (χ4n) is 7.00. The van der Waals surface area contributed by atoms with Crippen molar-refractivity contribution in [2.75, 3.05) is 212 Å². The molecule has 0 aromatic rings. The smallest absolute Gasteiger partial charge is 0.126 e. The van der Waals surface area contributed by atoms with Crippen LogP contribution in [-0.4, -0.2) is 234 Å². The molecule has 0 amide bonds. The summed E-state index contributed by atoms with van der Waals surface area (Å²) in [6.45, 7) is 18.3. The summed E-state index contributed by atoms with van der Waals surface area (Å²) in [5.41, 5.74) is 0. The van der Waals surface area contributed by atoms with Gasteiger partial charge in [0.15, 0.2) is 0 Å². The zero-order valence-electron chi connectivity index (χ0n) is 44.2. The van der Waals surface area contributed by atoms with Crippen molar-refractivity contribution in [1.29, 1.82) is 0 Å². The molecule has 0 aromatic heterocycles. The van der Waals surface area contributed by atoms with Crippen molar-refractivity contribution in [3.8, 4) is 0 Å². The van der Waals surface area contributed by atoms with E-state index >= 15 is 0 Å². The van der Waals surface area contributed by atoms with Crippen LogP contribution in [0.15, 0.2) is 0 Å². The maximum atomic E-state index is 10.8. The van der Waals surface area contributed by atoms with E-state index in [1.165, 1.54) is 89.9 Å². The molecule has 0 aliphatic rings. The van der Waals surface area contributed by atoms with E-state index in [-0.39, 0.29) is 24.2 Å². The van der Waals surface area contributed by atoms with Gasteiger partial charge in [-0.3, -0.25) is 0 Å². The highest BCUT2D eigenvalue weighted by atomic mass is 16.6. The van der Waals surface area contributed by atoms with Crippen molar-refractivity contribution in [1.82, 2.24) is 0 Å². The Kier molecular flexibility index (Phi) is 55.2. The van der Waals surface area contributed by atoms with Gasteiger partial charge in [-0.1, -0.05) is 90.9 Å². The van der Waals surface area contributed by atoms with Gasteiger partial charge in [0.05, 0.1) is 198 Å². The van der Waals surface area contributed by atoms with Gasteiger partial charge in [0.1, 0.15) is 19.2 Å². The van der Waals surface area contributed by atoms with Gasteiger partial charge in [-0.15, -0.1) is 0 Å². The Labute approximate surface area is 418 Å². The number of aliphatic hydroxyl groups excluding tert-OH is 1. The molecule has 1 N–H and O–H groups in total. The van der Waals surface area contributed by atoms with Crippen molar-refractivity contribution in [3.05, 3.63) is 0 Å². The summed E-state index contributed by atoms with van der Waals surface area (Å²) in [6.07, 6.45) is 18.0. The number of carboxylic acids is 1. The molecule has 0 saturated carbocycles. The van der Waals surface area contributed by atoms with E-state index in [9.17, 15) is 15.0 Å². The zero-order valence-corrected chi connectivity index (χ0v) is 44.2. The van der Waals surface area contributed by atoms with Gasteiger partial charge < -0.3 is 85.8 Å². The highest BCUT2D eigenvalue weighted by Crippen LogP contribution is 2.20. The first-order chi connectivity index (χ1) is 33.8. The van der Waals surface area contributed by atoms with E-state index < -0.39 is 12.1 Å². The molecular formula is C51H103NO17. The van der Waals surface area contributed by atoms with Gasteiger partial charge in [-0.25, -0.2) is 0 Å². The third kappa shape index (κ3) is 57.6. The van der Waals surface area contributed by atoms with Crippen molar-refractivity contribution in [3.63, 3.8) is 0 Å². The Bertz CT molecular complexity index is 988. The Morgan fingerprint density at radius 1 is 0.377 bits per heavy atom. The molecule has 18 nitrogen and oxygen atoms in total. The van der Waals surface area contributed by atoms with Crippen molar-refractivity contribution in [2.24, 2.45) is 5.92 Å². The highest BCUT2D eigenvalue weighted by Gasteiger charge is 2.21. The first-order valence-electron chi connectivity index (χ1n) is 26.6. The quantitative estimate of drug-likeness (QED) is 0.0661. The maximum absolute atomic E-state index is 10.8. The second kappa shape index (κ2) is 56.1. The average Bonchev–Trinajstić information content (AvgIpc) is 3.31. The number of hydrogen-bond donors (Lipinski definition) is 1. The van der Waals surface area contributed by atoms with Crippen LogP contribution in [0.4, 0.5) is 0 Å². The van der Waals surface area contributed by atoms with Gasteiger partial charge in [-0.2, -0.15) is 0 Å². The van der Waals surface area contributed by atoms with E-state index in [0.29, 0.717) is 178 Å². The minimum absolute atomic E-state index is 0.107. The summed E-state index contributed by atoms with van der Waals surface area (Å²) >= 11 is 0. The molecule has 0 fully saturated rings. The molecule has 0 aromatic carbocycles. The first-order valence-corrected chi connectivity index (χ1v) is 26.6. The Morgan fingerprint density at radius 2 is 0.609 bits per heavy atom. The van der Waals surface area contributed by atoms with Crippen LogP contribution in [0.1, 0.15) is 104 Å². The predicted octanol–water partition coefficient (Wildman–Crippen LogP) is 4.52. The lowest BCUT2D eigenvalue weighted by Crippen LogP contribution is -2.52. The number of quaternary nitrogens is 1. The number of ether oxygens (including phenoxy) is 14. The van der Waals surface area contributed by atoms with Gasteiger partial charge in [-0.05, 0) is 18.8 Å². The second-order valence-corrected chi connectivity index (χ2v) is 17.8. The largest absolute Gasteiger partial charge is 0.544 e. The summed E-state index contributed by atoms with van der Waals surface area (Å²) < 4.78 is 78.0. The van der Waals surface area contributed by atoms with Gasteiger partial charge in [0.2, 0.25) is 0 Å². The maximum Gasteiger partial charge on any atom is 0.126 e. The molecule has 1 unspecified atom stereocenters. The Balaban J connectivity index is 3.32. The highest BCUT2D eigenvalue weighted by molar-refractivity contribution is 5.65. The number of hydrogen-bond acceptors (Lipinski definition) is 17. The van der Waals surface area contributed by atoms with E-state index in [2.05, 4.69) is 13.8 Å². The monoisotopic (exact) mass is 1000 g/mol. The fraction of sp³-hybridized carbons (Fsp3) is 0.980. The van der Waals surface area contributed by atoms with Crippen LogP contribution < -0.4 is 5.11 Å². The Morgan fingerprint density at radius 3 is 0.870 bits per heavy atom. The summed E-state index contributed by atoms with van der Waals surface area (Å²) in [5, 5.41) is 20.8. The van der Waals surface area contributed by atoms with Crippen LogP contribution in [0.3, 0.4) is 0 Å². The molecular weight excluding hydrogens is 899 g/mol. The molecule has 69 heavy (non-hydrogen) atoms. The predicted molar refractivity (Wildman–Crippen MR) is 264 cm³/mol. The summed E-state index contributed by atoms with van der Waals surface area (Å²) in [6, 6.07) is 0. The SMILES string of the molecule is CCCCCCCCC(CCCCCCCC)COCCOCCOCCOCCOCCOCCOCCOCCOCCOCCOCCOCCOCCOCC(O)C[N+](C)(C)CC(=O)[O-]. The van der Waals surface area contributed by atoms with E-state index in [1.807, 2.05) is 0 Å². The standard InChI is InChI=1S/C51H103NO17/c1-5-7-9-11-13-15-17-49(18-16-14-12-10-8-6-2)47-68-43-41-66-39-37-64-35-33-62-31-29-60-27-25-58-23-21-56-19-20-57-22-24-59-26-28-61-30-32-63-34-36-65-38-40-67-42-44-69-48-50(53)45-52(3,4)46-51(54)55/h49-50,53H,5-48H2,1-4H3. The molecule has 0 aliphatic heterocycles. The summed E-state index contributed by atoms with van der Waals surface area (Å²) in [4.78, 5) is 10.8. The van der Waals surface area contributed by atoms with Crippen molar-refractivity contribution >= 4 is 5.97 Å². The number of carboxylic acid groups (broad SMARTS) is 1. The second-order valence-electron chi connectivity index (χ2n) is 17.8. The summed E-state index contributed by atoms with van der Waals surface area (Å²) in [7, 11) is 3.43. The van der Waals surface area contributed by atoms with Gasteiger partial charge >= 0.3 is 0 Å². The molecule has 0 saturated heterocycles. The molecule has 0 heterocycles. The molecule has 414 valence electrons. The van der Waals surface area contributed by atoms with Crippen LogP contribution in [0.25, 0.3) is 0 Å². The first kappa shape index (κ1) is 67.8. The van der Waals surface area contributed by atoms with E-state index in [0.717, 1.165) is 6.61 Å². The topological polar surface area (TPSA) is 190 Å². The average molecular weight is 1000 g/mol. The Hall–Kier alpha value is -1.17. The minimum Gasteiger partial charge on any atom is -0.544 e. The lowest BCUT2D eigenvalue weighted by molar-refractivity contribution is -0.887. The van der Waals surface area contributed by atoms with Crippen LogP contribution >= 0.6 is 0 Å². The van der Waals surface area contributed by atoms with Gasteiger partial charge in [0.25, 0.3) is 0 Å². The molecule has 0 radical (unpaired) electrons. The van der Waals surface area contributed by atoms with E-state index in [4.69, 9.17) is 66.3 Å². The summed E-state index contributed by atoms with van der Waals surface area (Å²) in [5.74, 6) is -0.476. The number of carbonyl (C=O) groups is 1. The van der Waals surface area contributed by atoms with E-state index in [1.54, 1.807) is 14.1 Å². The number of likely N-dealkylation sites (N-methyl/N-ethyl adjacent to an activating group) is 1. The molecule has 0 spiro atoms. The normalized spacial score (nSPS) is 12.5. The third-order valence-electron chi connectivity index (χ3n) is 10.7. The van der Waals surface area contributed by atoms with Crippen molar-refractivity contribution in [2.45, 2.75) is 110 Å². The van der Waals surface area contributed by atoms with Crippen LogP contribution in [0.5, 0.6) is 0 Å². The fourth-order valence-corrected chi connectivity index (χ4v) is 7.00. The number of rotatable bonds is 61. The number of aliphatic carboxylic acids is 1. The van der Waals surface area contributed by atoms with Crippen LogP contribution in [0, 0.1) is 5.92 Å². The molecule has 18 heteroatoms. The lowest BCUT2D eigenvalue weighted by Gasteiger charge is -2.31. The van der Waals surface area contributed by atoms with Gasteiger partial charge in [0, 0.05) is 6.61 Å². The lowest BCUT2D eigenvalue weighted by atomic mass is 9.95. The number of aliphatic hydroxyl groups is 1. The number of unbranched alkanes of at least 4 members (excludes halogenated alkanes) is 10. The van der Waals surface area contributed by atoms with Crippen LogP contribution in [-0.2, 0) is 71.1 Å². The minimum atomic E-state index is -1.16. The molecule has 0 bridgehead atoms. The molecule has 0 aliphatic carbocycles. The number of carbonyl (C=O) groups excluding carboxylic acids is 1. The zero-order chi connectivity index (χ0) is 50.2. The number of nitrogens with zero attached hydrogens (tertiary/aromatic N) is 1.